The van der Waals surface area contributed by atoms with Crippen LogP contribution in [-0.4, -0.2) is 53.3 Å². The molecule has 6 rings (SSSR count). The van der Waals surface area contributed by atoms with Crippen LogP contribution in [0.25, 0.3) is 11.0 Å². The van der Waals surface area contributed by atoms with E-state index in [0.717, 1.165) is 55.5 Å². The van der Waals surface area contributed by atoms with Crippen LogP contribution in [0, 0.1) is 17.7 Å². The molecule has 2 aliphatic heterocycles. The Balaban J connectivity index is 1.21. The van der Waals surface area contributed by atoms with Crippen LogP contribution < -0.4 is 15.8 Å². The van der Waals surface area contributed by atoms with Crippen LogP contribution in [-0.2, 0) is 12.8 Å². The number of benzene rings is 1. The predicted octanol–water partition coefficient (Wildman–Crippen LogP) is 4.53. The van der Waals surface area contributed by atoms with Crippen LogP contribution in [0.4, 0.5) is 23.2 Å². The predicted molar refractivity (Wildman–Crippen MR) is 133 cm³/mol. The molecule has 0 saturated carbocycles. The summed E-state index contributed by atoms with van der Waals surface area (Å²) in [6, 6.07) is 3.32. The van der Waals surface area contributed by atoms with Gasteiger partial charge >= 0.3 is 6.36 Å². The van der Waals surface area contributed by atoms with Crippen molar-refractivity contribution >= 4 is 22.6 Å². The summed E-state index contributed by atoms with van der Waals surface area (Å²) in [5.74, 6) is -0.0866. The summed E-state index contributed by atoms with van der Waals surface area (Å²) in [7, 11) is 0. The number of hydrogen-bond acceptors (Lipinski definition) is 5. The molecule has 38 heavy (non-hydrogen) atoms. The molecule has 4 N–H and O–H groups in total. The first-order valence-electron chi connectivity index (χ1n) is 13.0. The van der Waals surface area contributed by atoms with Crippen molar-refractivity contribution < 1.29 is 27.1 Å². The Morgan fingerprint density at radius 2 is 1.92 bits per heavy atom. The second kappa shape index (κ2) is 9.44. The minimum Gasteiger partial charge on any atom is -0.406 e. The molecule has 202 valence electrons. The quantitative estimate of drug-likeness (QED) is 0.341. The highest BCUT2D eigenvalue weighted by atomic mass is 19.4. The van der Waals surface area contributed by atoms with E-state index in [9.17, 15) is 18.0 Å². The maximum atomic E-state index is 15.3. The normalized spacial score (nSPS) is 22.3. The van der Waals surface area contributed by atoms with Gasteiger partial charge in [0.1, 0.15) is 17.2 Å². The Kier molecular flexibility index (Phi) is 6.20. The number of anilines is 1. The molecule has 1 amide bonds. The molecule has 0 radical (unpaired) electrons. The average Bonchev–Trinajstić information content (AvgIpc) is 3.23. The number of H-pyrrole nitrogens is 1. The van der Waals surface area contributed by atoms with Crippen molar-refractivity contribution in [2.45, 2.75) is 44.4 Å². The molecular weight excluding hydrogens is 502 g/mol. The third-order valence-electron chi connectivity index (χ3n) is 8.38. The number of aromatic amines is 1. The zero-order valence-corrected chi connectivity index (χ0v) is 20.7. The van der Waals surface area contributed by atoms with E-state index >= 15 is 4.39 Å². The molecule has 1 aromatic carbocycles. The number of carbonyl (C=O) groups excluding carboxylic acids is 1. The van der Waals surface area contributed by atoms with Crippen molar-refractivity contribution in [1.82, 2.24) is 20.2 Å². The molecule has 3 aromatic rings. The molecular formula is C27H29F4N5O2. The first-order chi connectivity index (χ1) is 18.2. The number of alkyl halides is 3. The lowest BCUT2D eigenvalue weighted by Gasteiger charge is -2.36. The number of fused-ring (bicyclic) bond motifs is 4. The van der Waals surface area contributed by atoms with Gasteiger partial charge in [-0.05, 0) is 80.6 Å². The number of nitrogens with one attached hydrogen (secondary N) is 2. The summed E-state index contributed by atoms with van der Waals surface area (Å²) in [4.78, 5) is 22.6. The van der Waals surface area contributed by atoms with E-state index in [1.54, 1.807) is 4.90 Å². The van der Waals surface area contributed by atoms with Crippen LogP contribution in [0.1, 0.15) is 52.4 Å². The van der Waals surface area contributed by atoms with E-state index in [1.807, 2.05) is 0 Å². The Morgan fingerprint density at radius 3 is 2.66 bits per heavy atom. The Morgan fingerprint density at radius 1 is 1.13 bits per heavy atom. The standard InChI is InChI=1S/C27H29F4N5O2/c28-20-13-34-25-24(19-9-16-12-33-6-3-15(16)10-22(19)35-25)23(20)14-4-7-36(8-5-14)26(37)18-2-1-17(11-21(18)32)38-27(29,30)31/h1-2,11,13-16,33H,3-10,12,32H2,(H,34,35)/t15-,16+/m0/s1. The zero-order valence-electron chi connectivity index (χ0n) is 20.7. The van der Waals surface area contributed by atoms with E-state index < -0.39 is 12.1 Å². The number of halogens is 4. The van der Waals surface area contributed by atoms with E-state index in [2.05, 4.69) is 20.0 Å². The number of rotatable bonds is 3. The fourth-order valence-corrected chi connectivity index (χ4v) is 6.55. The molecule has 2 fully saturated rings. The fourth-order valence-electron chi connectivity index (χ4n) is 6.55. The maximum Gasteiger partial charge on any atom is 0.573 e. The molecule has 0 spiro atoms. The summed E-state index contributed by atoms with van der Waals surface area (Å²) < 4.78 is 56.7. The molecule has 2 saturated heterocycles. The third-order valence-corrected chi connectivity index (χ3v) is 8.38. The fraction of sp³-hybridized carbons (Fsp3) is 0.481. The van der Waals surface area contributed by atoms with Gasteiger partial charge in [0.25, 0.3) is 5.91 Å². The first kappa shape index (κ1) is 25.0. The number of amides is 1. The van der Waals surface area contributed by atoms with Crippen molar-refractivity contribution in [3.05, 3.63) is 52.6 Å². The molecule has 0 bridgehead atoms. The van der Waals surface area contributed by atoms with E-state index in [0.29, 0.717) is 43.3 Å². The van der Waals surface area contributed by atoms with Crippen LogP contribution >= 0.6 is 0 Å². The number of piperidine rings is 2. The number of ether oxygens (including phenoxy) is 1. The maximum absolute atomic E-state index is 15.3. The lowest BCUT2D eigenvalue weighted by atomic mass is 9.74. The molecule has 2 aromatic heterocycles. The summed E-state index contributed by atoms with van der Waals surface area (Å²) >= 11 is 0. The number of aromatic nitrogens is 2. The van der Waals surface area contributed by atoms with Crippen LogP contribution in [0.2, 0.25) is 0 Å². The van der Waals surface area contributed by atoms with Gasteiger partial charge in [-0.25, -0.2) is 9.37 Å². The van der Waals surface area contributed by atoms with Gasteiger partial charge in [-0.3, -0.25) is 4.79 Å². The lowest BCUT2D eigenvalue weighted by Crippen LogP contribution is -2.40. The minimum atomic E-state index is -4.85. The first-order valence-corrected chi connectivity index (χ1v) is 13.0. The summed E-state index contributed by atoms with van der Waals surface area (Å²) in [6.07, 6.45) is 0.562. The van der Waals surface area contributed by atoms with E-state index in [1.165, 1.54) is 23.5 Å². The number of pyridine rings is 1. The Labute approximate surface area is 216 Å². The van der Waals surface area contributed by atoms with Crippen molar-refractivity contribution in [2.75, 3.05) is 31.9 Å². The Bertz CT molecular complexity index is 1380. The van der Waals surface area contributed by atoms with E-state index in [-0.39, 0.29) is 28.9 Å². The molecule has 2 atom stereocenters. The second-order valence-electron chi connectivity index (χ2n) is 10.6. The molecule has 7 nitrogen and oxygen atoms in total. The number of likely N-dealkylation sites (tertiary alicyclic amines) is 1. The molecule has 4 heterocycles. The molecule has 11 heteroatoms. The summed E-state index contributed by atoms with van der Waals surface area (Å²) in [5.41, 5.74) is 9.67. The van der Waals surface area contributed by atoms with Crippen LogP contribution in [0.3, 0.4) is 0 Å². The SMILES string of the molecule is Nc1cc(OC(F)(F)F)ccc1C(=O)N1CCC(c2c(F)cnc3[nH]c4c(c23)C[C@@H]2CNCC[C@H]2C4)CC1. The van der Waals surface area contributed by atoms with Crippen molar-refractivity contribution in [2.24, 2.45) is 11.8 Å². The van der Waals surface area contributed by atoms with Gasteiger partial charge in [0.15, 0.2) is 0 Å². The minimum absolute atomic E-state index is 0.0773. The van der Waals surface area contributed by atoms with Crippen molar-refractivity contribution in [1.29, 1.82) is 0 Å². The van der Waals surface area contributed by atoms with Gasteiger partial charge in [-0.1, -0.05) is 0 Å². The topological polar surface area (TPSA) is 96.3 Å². The molecule has 3 aliphatic rings. The summed E-state index contributed by atoms with van der Waals surface area (Å²) in [6.45, 7) is 2.77. The zero-order chi connectivity index (χ0) is 26.6. The van der Waals surface area contributed by atoms with Gasteiger partial charge < -0.3 is 25.7 Å². The largest absolute Gasteiger partial charge is 0.573 e. The highest BCUT2D eigenvalue weighted by Crippen LogP contribution is 2.42. The number of nitrogen functional groups attached to an aromatic ring is 1. The lowest BCUT2D eigenvalue weighted by molar-refractivity contribution is -0.274. The van der Waals surface area contributed by atoms with Crippen LogP contribution in [0.5, 0.6) is 5.75 Å². The smallest absolute Gasteiger partial charge is 0.406 e. The second-order valence-corrected chi connectivity index (χ2v) is 10.6. The van der Waals surface area contributed by atoms with Gasteiger partial charge in [-0.15, -0.1) is 13.2 Å². The Hall–Kier alpha value is -3.34. The molecule has 1 aliphatic carbocycles. The van der Waals surface area contributed by atoms with Gasteiger partial charge in [0, 0.05) is 41.5 Å². The highest BCUT2D eigenvalue weighted by molar-refractivity contribution is 5.99. The number of nitrogens with zero attached hydrogens (tertiary/aromatic N) is 2. The van der Waals surface area contributed by atoms with E-state index in [4.69, 9.17) is 5.73 Å². The average molecular weight is 532 g/mol. The number of carbonyl (C=O) groups is 1. The molecule has 0 unspecified atom stereocenters. The number of hydrogen-bond donors (Lipinski definition) is 3. The van der Waals surface area contributed by atoms with Crippen molar-refractivity contribution in [3.63, 3.8) is 0 Å². The van der Waals surface area contributed by atoms with Crippen LogP contribution in [0.15, 0.2) is 24.4 Å². The number of nitrogens with two attached hydrogens (primary N) is 1. The highest BCUT2D eigenvalue weighted by Gasteiger charge is 2.36. The third kappa shape index (κ3) is 4.57. The van der Waals surface area contributed by atoms with Gasteiger partial charge in [0.2, 0.25) is 0 Å². The monoisotopic (exact) mass is 531 g/mol. The summed E-state index contributed by atoms with van der Waals surface area (Å²) in [5, 5.41) is 4.39. The van der Waals surface area contributed by atoms with Gasteiger partial charge in [0.05, 0.1) is 11.8 Å². The van der Waals surface area contributed by atoms with Crippen molar-refractivity contribution in [3.8, 4) is 5.75 Å². The van der Waals surface area contributed by atoms with Gasteiger partial charge in [-0.2, -0.15) is 0 Å².